The molecule has 13 heteroatoms. The first-order valence-electron chi connectivity index (χ1n) is 10.7. The molecule has 0 aliphatic rings. The van der Waals surface area contributed by atoms with Crippen LogP contribution in [0.15, 0.2) is 67.0 Å². The van der Waals surface area contributed by atoms with Gasteiger partial charge in [0.05, 0.1) is 5.56 Å². The molecule has 0 bridgehead atoms. The minimum Gasteiger partial charge on any atom is -0.476 e. The highest BCUT2D eigenvalue weighted by Crippen LogP contribution is 2.31. The minimum atomic E-state index is -2.39. The van der Waals surface area contributed by atoms with Gasteiger partial charge in [-0.05, 0) is 36.4 Å². The van der Waals surface area contributed by atoms with Crippen molar-refractivity contribution < 1.29 is 45.1 Å². The van der Waals surface area contributed by atoms with E-state index in [0.717, 1.165) is 12.1 Å². The van der Waals surface area contributed by atoms with Gasteiger partial charge in [-0.25, -0.2) is 27.6 Å². The molecular weight excluding hydrogens is 555 g/mol. The Bertz CT molecular complexity index is 1900. The molecule has 0 spiro atoms. The van der Waals surface area contributed by atoms with E-state index in [1.807, 2.05) is 0 Å². The summed E-state index contributed by atoms with van der Waals surface area (Å²) in [7, 11) is 0. The fourth-order valence-electron chi connectivity index (χ4n) is 3.71. The Morgan fingerprint density at radius 3 is 2.18 bits per heavy atom. The quantitative estimate of drug-likeness (QED) is 0.0655. The lowest BCUT2D eigenvalue weighted by Crippen LogP contribution is -2.19. The summed E-state index contributed by atoms with van der Waals surface area (Å²) in [5, 5.41) is 1.12. The molecule has 0 amide bonds. The molecule has 0 radical (unpaired) electrons. The molecule has 2 aromatic heterocycles. The number of hydrogen-bond donors (Lipinski definition) is 0. The summed E-state index contributed by atoms with van der Waals surface area (Å²) in [6, 6.07) is 10.8. The molecule has 7 nitrogen and oxygen atoms in total. The molecule has 0 fully saturated rings. The van der Waals surface area contributed by atoms with Crippen molar-refractivity contribution in [3.8, 4) is 22.6 Å². The Morgan fingerprint density at radius 2 is 1.46 bits per heavy atom. The monoisotopic (exact) mass is 564 g/mol. The second-order valence-corrected chi connectivity index (χ2v) is 8.36. The molecular formula is C26H10ClF5O7. The van der Waals surface area contributed by atoms with Crippen molar-refractivity contribution in [1.29, 1.82) is 0 Å². The Labute approximate surface area is 217 Å². The number of esters is 1. The Kier molecular flexibility index (Phi) is 6.56. The summed E-state index contributed by atoms with van der Waals surface area (Å²) in [4.78, 5) is 37.0. The van der Waals surface area contributed by atoms with E-state index in [1.54, 1.807) is 6.07 Å². The number of carbonyl (C=O) groups excluding carboxylic acids is 1. The van der Waals surface area contributed by atoms with E-state index in [4.69, 9.17) is 25.2 Å². The summed E-state index contributed by atoms with van der Waals surface area (Å²) in [6.45, 7) is -1.24. The number of fused-ring (bicyclic) bond motifs is 2. The summed E-state index contributed by atoms with van der Waals surface area (Å²) in [6.07, 6.45) is 0. The van der Waals surface area contributed by atoms with Crippen LogP contribution in [0.2, 0.25) is 5.02 Å². The zero-order valence-corrected chi connectivity index (χ0v) is 19.7. The number of benzene rings is 3. The van der Waals surface area contributed by atoms with Gasteiger partial charge in [-0.3, -0.25) is 0 Å². The lowest BCUT2D eigenvalue weighted by molar-refractivity contribution is -0.136. The standard InChI is InChI=1S/C26H10ClF5O7/c27-11-1-4-16-10(5-11)6-15(26(35)39-16)14-8-18(33)38-17-7-12(2-3-13(14)17)37-19(34)9-36-25-23(31)21(29)20(28)22(30)24(25)32/h1-8H,9H2. The number of halogens is 6. The third kappa shape index (κ3) is 4.81. The van der Waals surface area contributed by atoms with E-state index in [1.165, 1.54) is 30.3 Å². The third-order valence-electron chi connectivity index (χ3n) is 5.44. The maximum absolute atomic E-state index is 13.7. The van der Waals surface area contributed by atoms with Gasteiger partial charge < -0.3 is 18.3 Å². The Hall–Kier alpha value is -4.71. The maximum Gasteiger partial charge on any atom is 0.349 e. The van der Waals surface area contributed by atoms with E-state index < -0.39 is 58.7 Å². The minimum absolute atomic E-state index is 0.0172. The van der Waals surface area contributed by atoms with Crippen molar-refractivity contribution in [3.05, 3.63) is 103 Å². The van der Waals surface area contributed by atoms with Crippen LogP contribution >= 0.6 is 11.6 Å². The fourth-order valence-corrected chi connectivity index (χ4v) is 3.90. The van der Waals surface area contributed by atoms with Crippen LogP contribution in [-0.2, 0) is 4.79 Å². The van der Waals surface area contributed by atoms with Crippen LogP contribution in [0, 0.1) is 29.1 Å². The molecule has 0 unspecified atom stereocenters. The van der Waals surface area contributed by atoms with Crippen molar-refractivity contribution >= 4 is 39.5 Å². The number of rotatable bonds is 5. The van der Waals surface area contributed by atoms with Gasteiger partial charge in [-0.1, -0.05) is 11.6 Å². The molecule has 198 valence electrons. The molecule has 0 saturated carbocycles. The highest BCUT2D eigenvalue weighted by Gasteiger charge is 2.27. The van der Waals surface area contributed by atoms with Crippen LogP contribution in [0.1, 0.15) is 0 Å². The molecule has 3 aromatic carbocycles. The van der Waals surface area contributed by atoms with E-state index in [2.05, 4.69) is 4.74 Å². The third-order valence-corrected chi connectivity index (χ3v) is 5.67. The number of carbonyl (C=O) groups is 1. The van der Waals surface area contributed by atoms with Gasteiger partial charge >= 0.3 is 17.2 Å². The van der Waals surface area contributed by atoms with Crippen molar-refractivity contribution in [2.24, 2.45) is 0 Å². The van der Waals surface area contributed by atoms with Gasteiger partial charge in [0.15, 0.2) is 12.4 Å². The molecule has 5 aromatic rings. The van der Waals surface area contributed by atoms with Gasteiger partial charge in [-0.2, -0.15) is 8.78 Å². The smallest absolute Gasteiger partial charge is 0.349 e. The Balaban J connectivity index is 1.44. The topological polar surface area (TPSA) is 96.0 Å². The predicted molar refractivity (Wildman–Crippen MR) is 126 cm³/mol. The molecule has 0 N–H and O–H groups in total. The molecule has 0 aliphatic carbocycles. The molecule has 0 saturated heterocycles. The number of hydrogen-bond acceptors (Lipinski definition) is 7. The van der Waals surface area contributed by atoms with Crippen molar-refractivity contribution in [2.75, 3.05) is 6.61 Å². The highest BCUT2D eigenvalue weighted by atomic mass is 35.5. The maximum atomic E-state index is 13.7. The summed E-state index contributed by atoms with van der Waals surface area (Å²) in [5.74, 6) is -14.6. The van der Waals surface area contributed by atoms with E-state index in [9.17, 15) is 36.3 Å². The molecule has 2 heterocycles. The van der Waals surface area contributed by atoms with Gasteiger partial charge in [0.1, 0.15) is 16.9 Å². The normalized spacial score (nSPS) is 11.2. The first-order valence-corrected chi connectivity index (χ1v) is 11.1. The molecule has 0 aliphatic heterocycles. The summed E-state index contributed by atoms with van der Waals surface area (Å²) in [5.41, 5.74) is -1.30. The molecule has 39 heavy (non-hydrogen) atoms. The predicted octanol–water partition coefficient (Wildman–Crippen LogP) is 5.90. The van der Waals surface area contributed by atoms with Crippen LogP contribution in [0.3, 0.4) is 0 Å². The van der Waals surface area contributed by atoms with Crippen LogP contribution in [0.4, 0.5) is 22.0 Å². The van der Waals surface area contributed by atoms with Crippen LogP contribution in [0.5, 0.6) is 11.5 Å². The van der Waals surface area contributed by atoms with E-state index >= 15 is 0 Å². The van der Waals surface area contributed by atoms with Gasteiger partial charge in [0, 0.05) is 33.5 Å². The lowest BCUT2D eigenvalue weighted by Gasteiger charge is -2.11. The zero-order chi connectivity index (χ0) is 28.0. The zero-order valence-electron chi connectivity index (χ0n) is 19.0. The van der Waals surface area contributed by atoms with Crippen LogP contribution < -0.4 is 20.7 Å². The second-order valence-electron chi connectivity index (χ2n) is 7.93. The van der Waals surface area contributed by atoms with Gasteiger partial charge in [0.25, 0.3) is 0 Å². The SMILES string of the molecule is O=C(COc1c(F)c(F)c(F)c(F)c1F)Oc1ccc2c(-c3cc4cc(Cl)ccc4oc3=O)cc(=O)oc2c1. The van der Waals surface area contributed by atoms with Crippen molar-refractivity contribution in [2.45, 2.75) is 0 Å². The van der Waals surface area contributed by atoms with Crippen molar-refractivity contribution in [1.82, 2.24) is 0 Å². The van der Waals surface area contributed by atoms with Gasteiger partial charge in [0.2, 0.25) is 29.1 Å². The van der Waals surface area contributed by atoms with E-state index in [0.29, 0.717) is 10.4 Å². The summed E-state index contributed by atoms with van der Waals surface area (Å²) < 4.78 is 87.1. The largest absolute Gasteiger partial charge is 0.476 e. The molecule has 5 rings (SSSR count). The highest BCUT2D eigenvalue weighted by molar-refractivity contribution is 6.31. The summed E-state index contributed by atoms with van der Waals surface area (Å²) >= 11 is 6.01. The Morgan fingerprint density at radius 1 is 0.769 bits per heavy atom. The first-order chi connectivity index (χ1) is 18.5. The average molecular weight is 565 g/mol. The number of ether oxygens (including phenoxy) is 2. The van der Waals surface area contributed by atoms with Crippen LogP contribution in [-0.4, -0.2) is 12.6 Å². The lowest BCUT2D eigenvalue weighted by atomic mass is 10.0. The van der Waals surface area contributed by atoms with Crippen molar-refractivity contribution in [3.63, 3.8) is 0 Å². The molecule has 0 atom stereocenters. The average Bonchev–Trinajstić information content (AvgIpc) is 2.90. The first kappa shape index (κ1) is 25.9. The fraction of sp³-hybridized carbons (Fsp3) is 0.0385. The van der Waals surface area contributed by atoms with E-state index in [-0.39, 0.29) is 33.4 Å². The van der Waals surface area contributed by atoms with Gasteiger partial charge in [-0.15, -0.1) is 0 Å². The van der Waals surface area contributed by atoms with Crippen LogP contribution in [0.25, 0.3) is 33.1 Å². The second kappa shape index (κ2) is 9.87.